The van der Waals surface area contributed by atoms with Gasteiger partial charge in [0.1, 0.15) is 5.54 Å². The number of hydrogen-bond donors (Lipinski definition) is 3. The smallest absolute Gasteiger partial charge is 0.324 e. The van der Waals surface area contributed by atoms with Crippen molar-refractivity contribution < 1.29 is 9.90 Å². The molecule has 0 rings (SSSR count). The Morgan fingerprint density at radius 1 is 1.60 bits per heavy atom. The summed E-state index contributed by atoms with van der Waals surface area (Å²) in [6, 6.07) is 0. The number of carboxylic acid groups (broad SMARTS) is 1. The van der Waals surface area contributed by atoms with Crippen molar-refractivity contribution in [3.63, 3.8) is 0 Å². The second-order valence-corrected chi connectivity index (χ2v) is 4.40. The van der Waals surface area contributed by atoms with Crippen molar-refractivity contribution in [2.45, 2.75) is 19.4 Å². The number of rotatable bonds is 6. The molecule has 1 atom stereocenters. The first-order valence-corrected chi connectivity index (χ1v) is 5.38. The molecule has 0 saturated heterocycles. The number of halogens is 1. The number of carboxylic acids is 1. The van der Waals surface area contributed by atoms with Gasteiger partial charge in [0.25, 0.3) is 0 Å². The second-order valence-electron chi connectivity index (χ2n) is 3.30. The molecule has 5 nitrogen and oxygen atoms in total. The molecule has 0 aromatic rings. The molecule has 0 aliphatic rings. The van der Waals surface area contributed by atoms with Crippen LogP contribution in [0.3, 0.4) is 0 Å². The average Bonchev–Trinajstić information content (AvgIpc) is 2.02. The first-order valence-electron chi connectivity index (χ1n) is 4.23. The van der Waals surface area contributed by atoms with Crippen molar-refractivity contribution in [1.82, 2.24) is 0 Å². The van der Waals surface area contributed by atoms with Gasteiger partial charge in [0.2, 0.25) is 0 Å². The molecule has 0 fully saturated rings. The van der Waals surface area contributed by atoms with Gasteiger partial charge in [-0.3, -0.25) is 9.79 Å². The van der Waals surface area contributed by atoms with Crippen LogP contribution in [-0.4, -0.2) is 40.5 Å². The number of aliphatic carboxylic acids is 1. The Morgan fingerprint density at radius 3 is 2.53 bits per heavy atom. The predicted molar refractivity (Wildman–Crippen MR) is 67.0 cm³/mol. The van der Waals surface area contributed by atoms with Crippen LogP contribution >= 0.6 is 24.2 Å². The Hall–Kier alpha value is -0.460. The van der Waals surface area contributed by atoms with Crippen molar-refractivity contribution in [2.24, 2.45) is 16.5 Å². The number of amidine groups is 1. The van der Waals surface area contributed by atoms with Crippen molar-refractivity contribution in [3.8, 4) is 0 Å². The Labute approximate surface area is 100 Å². The van der Waals surface area contributed by atoms with Gasteiger partial charge >= 0.3 is 5.97 Å². The van der Waals surface area contributed by atoms with E-state index in [4.69, 9.17) is 16.6 Å². The van der Waals surface area contributed by atoms with Gasteiger partial charge in [-0.2, -0.15) is 11.8 Å². The third-order valence-electron chi connectivity index (χ3n) is 1.49. The topological polar surface area (TPSA) is 102 Å². The Kier molecular flexibility index (Phi) is 8.80. The molecule has 0 aromatic heterocycles. The fourth-order valence-corrected chi connectivity index (χ4v) is 1.54. The van der Waals surface area contributed by atoms with E-state index in [1.165, 1.54) is 18.7 Å². The molecule has 0 amide bonds. The van der Waals surface area contributed by atoms with E-state index >= 15 is 0 Å². The molecule has 0 aliphatic carbocycles. The maximum atomic E-state index is 10.6. The fourth-order valence-electron chi connectivity index (χ4n) is 0.632. The second kappa shape index (κ2) is 7.78. The molecule has 0 aromatic carbocycles. The van der Waals surface area contributed by atoms with Crippen molar-refractivity contribution in [3.05, 3.63) is 0 Å². The number of nitrogens with zero attached hydrogens (tertiary/aromatic N) is 1. The van der Waals surface area contributed by atoms with Crippen LogP contribution in [0.15, 0.2) is 4.99 Å². The standard InChI is InChI=1S/C8H17N3O2S.ClH/c1-6(9)11-3-4-14-5-8(2,10)7(12)13;/h3-5,10H2,1-2H3,(H2,9,11)(H,12,13);1H/t8-;/m0./s1. The molecule has 0 unspecified atom stereocenters. The minimum atomic E-state index is -1.16. The maximum absolute atomic E-state index is 10.6. The van der Waals surface area contributed by atoms with Gasteiger partial charge in [-0.25, -0.2) is 0 Å². The summed E-state index contributed by atoms with van der Waals surface area (Å²) in [6.07, 6.45) is 0. The SMILES string of the molecule is CC(N)=NCCSC[C@](C)(N)C(=O)O.Cl. The van der Waals surface area contributed by atoms with Crippen LogP contribution in [0.4, 0.5) is 0 Å². The highest BCUT2D eigenvalue weighted by atomic mass is 35.5. The van der Waals surface area contributed by atoms with Crippen molar-refractivity contribution in [2.75, 3.05) is 18.1 Å². The highest BCUT2D eigenvalue weighted by molar-refractivity contribution is 7.99. The fraction of sp³-hybridized carbons (Fsp3) is 0.750. The first-order chi connectivity index (χ1) is 6.36. The minimum absolute atomic E-state index is 0. The van der Waals surface area contributed by atoms with Gasteiger partial charge in [0.05, 0.1) is 5.84 Å². The van der Waals surface area contributed by atoms with E-state index < -0.39 is 11.5 Å². The Bertz CT molecular complexity index is 230. The van der Waals surface area contributed by atoms with Gasteiger partial charge in [-0.05, 0) is 13.8 Å². The highest BCUT2D eigenvalue weighted by Crippen LogP contribution is 2.10. The van der Waals surface area contributed by atoms with Crippen molar-refractivity contribution >= 4 is 36.0 Å². The van der Waals surface area contributed by atoms with E-state index in [9.17, 15) is 4.79 Å². The summed E-state index contributed by atoms with van der Waals surface area (Å²) >= 11 is 1.46. The number of hydrogen-bond acceptors (Lipinski definition) is 4. The molecule has 7 heteroatoms. The average molecular weight is 256 g/mol. The van der Waals surface area contributed by atoms with Crippen LogP contribution in [0.2, 0.25) is 0 Å². The van der Waals surface area contributed by atoms with E-state index in [0.29, 0.717) is 18.1 Å². The highest BCUT2D eigenvalue weighted by Gasteiger charge is 2.27. The molecule has 5 N–H and O–H groups in total. The molecule has 0 heterocycles. The molecular weight excluding hydrogens is 238 g/mol. The molecule has 0 bridgehead atoms. The summed E-state index contributed by atoms with van der Waals surface area (Å²) in [7, 11) is 0. The van der Waals surface area contributed by atoms with Crippen LogP contribution in [0.5, 0.6) is 0 Å². The van der Waals surface area contributed by atoms with Crippen LogP contribution in [-0.2, 0) is 4.79 Å². The predicted octanol–water partition coefficient (Wildman–Crippen LogP) is 0.321. The quantitative estimate of drug-likeness (QED) is 0.360. The summed E-state index contributed by atoms with van der Waals surface area (Å²) in [5, 5.41) is 8.70. The van der Waals surface area contributed by atoms with Gasteiger partial charge in [0.15, 0.2) is 0 Å². The Morgan fingerprint density at radius 2 is 2.13 bits per heavy atom. The van der Waals surface area contributed by atoms with Crippen LogP contribution in [0.25, 0.3) is 0 Å². The molecule has 0 aliphatic heterocycles. The summed E-state index contributed by atoms with van der Waals surface area (Å²) in [5.74, 6) is 0.665. The lowest BCUT2D eigenvalue weighted by Gasteiger charge is -2.17. The summed E-state index contributed by atoms with van der Waals surface area (Å²) < 4.78 is 0. The minimum Gasteiger partial charge on any atom is -0.480 e. The number of thioether (sulfide) groups is 1. The van der Waals surface area contributed by atoms with E-state index in [0.717, 1.165) is 5.75 Å². The molecule has 0 spiro atoms. The van der Waals surface area contributed by atoms with E-state index in [1.54, 1.807) is 6.92 Å². The van der Waals surface area contributed by atoms with Gasteiger partial charge in [0, 0.05) is 18.1 Å². The first kappa shape index (κ1) is 17.0. The third-order valence-corrected chi connectivity index (χ3v) is 2.76. The lowest BCUT2D eigenvalue weighted by molar-refractivity contribution is -0.141. The number of nitrogens with two attached hydrogens (primary N) is 2. The van der Waals surface area contributed by atoms with Crippen LogP contribution in [0.1, 0.15) is 13.8 Å². The van der Waals surface area contributed by atoms with Gasteiger partial charge in [-0.15, -0.1) is 12.4 Å². The maximum Gasteiger partial charge on any atom is 0.324 e. The largest absolute Gasteiger partial charge is 0.480 e. The van der Waals surface area contributed by atoms with Gasteiger partial charge in [-0.1, -0.05) is 0 Å². The van der Waals surface area contributed by atoms with E-state index in [2.05, 4.69) is 4.99 Å². The molecule has 0 saturated carbocycles. The van der Waals surface area contributed by atoms with E-state index in [-0.39, 0.29) is 12.4 Å². The van der Waals surface area contributed by atoms with Crippen LogP contribution in [0, 0.1) is 0 Å². The summed E-state index contributed by atoms with van der Waals surface area (Å²) in [5.41, 5.74) is 9.69. The zero-order valence-corrected chi connectivity index (χ0v) is 10.5. The van der Waals surface area contributed by atoms with Crippen LogP contribution < -0.4 is 11.5 Å². The summed E-state index contributed by atoms with van der Waals surface area (Å²) in [4.78, 5) is 14.6. The molecule has 15 heavy (non-hydrogen) atoms. The molecule has 0 radical (unpaired) electrons. The molecular formula is C8H18ClN3O2S. The molecule has 90 valence electrons. The number of carbonyl (C=O) groups is 1. The lowest BCUT2D eigenvalue weighted by Crippen LogP contribution is -2.47. The van der Waals surface area contributed by atoms with E-state index in [1.807, 2.05) is 0 Å². The zero-order valence-electron chi connectivity index (χ0n) is 8.90. The summed E-state index contributed by atoms with van der Waals surface area (Å²) in [6.45, 7) is 3.82. The Balaban J connectivity index is 0. The number of aliphatic imine (C=N–C) groups is 1. The lowest BCUT2D eigenvalue weighted by atomic mass is 10.1. The third kappa shape index (κ3) is 8.53. The monoisotopic (exact) mass is 255 g/mol. The normalized spacial score (nSPS) is 15.3. The van der Waals surface area contributed by atoms with Gasteiger partial charge < -0.3 is 16.6 Å². The van der Waals surface area contributed by atoms with Crippen molar-refractivity contribution in [1.29, 1.82) is 0 Å². The zero-order chi connectivity index (χ0) is 11.2.